The van der Waals surface area contributed by atoms with Crippen LogP contribution in [0.5, 0.6) is 17.2 Å². The van der Waals surface area contributed by atoms with Crippen LogP contribution in [0, 0.1) is 0 Å². The fourth-order valence-corrected chi connectivity index (χ4v) is 3.56. The summed E-state index contributed by atoms with van der Waals surface area (Å²) in [5.74, 6) is 2.74. The second-order valence-electron chi connectivity index (χ2n) is 5.80. The molecule has 0 saturated carbocycles. The first-order chi connectivity index (χ1) is 13.7. The van der Waals surface area contributed by atoms with Crippen molar-refractivity contribution in [3.05, 3.63) is 53.0 Å². The van der Waals surface area contributed by atoms with Gasteiger partial charge in [-0.15, -0.1) is 10.2 Å². The van der Waals surface area contributed by atoms with Gasteiger partial charge in [0.15, 0.2) is 17.3 Å². The second-order valence-corrected chi connectivity index (χ2v) is 6.79. The standard InChI is InChI=1S/C20H18N4O3S/c1-25-15-7-5-4-6-13(15)9-11-18-23-24-19(21-22-20(24)28-18)14-8-10-16(26-2)17(12-14)27-3/h4-12H,1-3H3. The Labute approximate surface area is 165 Å². The third-order valence-electron chi connectivity index (χ3n) is 4.19. The molecule has 2 heterocycles. The molecule has 2 aromatic carbocycles. The fraction of sp³-hybridized carbons (Fsp3) is 0.150. The van der Waals surface area contributed by atoms with Crippen LogP contribution in [0.15, 0.2) is 42.5 Å². The molecular formula is C20H18N4O3S. The minimum absolute atomic E-state index is 0.628. The van der Waals surface area contributed by atoms with Crippen LogP contribution in [0.25, 0.3) is 28.5 Å². The Balaban J connectivity index is 1.68. The average Bonchev–Trinajstić information content (AvgIpc) is 3.32. The smallest absolute Gasteiger partial charge is 0.235 e. The summed E-state index contributed by atoms with van der Waals surface area (Å²) in [6, 6.07) is 13.4. The van der Waals surface area contributed by atoms with Crippen molar-refractivity contribution in [3.8, 4) is 28.6 Å². The van der Waals surface area contributed by atoms with Crippen molar-refractivity contribution in [2.24, 2.45) is 0 Å². The van der Waals surface area contributed by atoms with Gasteiger partial charge in [0.25, 0.3) is 0 Å². The van der Waals surface area contributed by atoms with Gasteiger partial charge in [-0.1, -0.05) is 29.5 Å². The molecule has 0 amide bonds. The minimum Gasteiger partial charge on any atom is -0.496 e. The predicted molar refractivity (Wildman–Crippen MR) is 109 cm³/mol. The Morgan fingerprint density at radius 1 is 0.857 bits per heavy atom. The molecule has 2 aromatic heterocycles. The topological polar surface area (TPSA) is 70.8 Å². The van der Waals surface area contributed by atoms with Gasteiger partial charge in [-0.3, -0.25) is 0 Å². The maximum atomic E-state index is 5.38. The fourth-order valence-electron chi connectivity index (χ4n) is 2.82. The zero-order valence-corrected chi connectivity index (χ0v) is 16.4. The van der Waals surface area contributed by atoms with E-state index in [2.05, 4.69) is 15.3 Å². The molecule has 0 N–H and O–H groups in total. The van der Waals surface area contributed by atoms with Crippen molar-refractivity contribution in [2.45, 2.75) is 0 Å². The third kappa shape index (κ3) is 3.29. The molecule has 28 heavy (non-hydrogen) atoms. The number of fused-ring (bicyclic) bond motifs is 1. The number of benzene rings is 2. The quantitative estimate of drug-likeness (QED) is 0.491. The normalized spacial score (nSPS) is 11.2. The van der Waals surface area contributed by atoms with E-state index < -0.39 is 0 Å². The van der Waals surface area contributed by atoms with E-state index in [9.17, 15) is 0 Å². The van der Waals surface area contributed by atoms with Crippen molar-refractivity contribution in [1.29, 1.82) is 0 Å². The molecule has 4 rings (SSSR count). The van der Waals surface area contributed by atoms with E-state index in [1.807, 2.05) is 54.6 Å². The van der Waals surface area contributed by atoms with Gasteiger partial charge in [0.05, 0.1) is 21.3 Å². The van der Waals surface area contributed by atoms with Gasteiger partial charge in [0.1, 0.15) is 10.8 Å². The van der Waals surface area contributed by atoms with Crippen LogP contribution in [0.3, 0.4) is 0 Å². The lowest BCUT2D eigenvalue weighted by Gasteiger charge is -2.08. The summed E-state index contributed by atoms with van der Waals surface area (Å²) in [7, 11) is 4.86. The highest BCUT2D eigenvalue weighted by atomic mass is 32.1. The number of hydrogen-bond donors (Lipinski definition) is 0. The molecule has 142 valence electrons. The first-order valence-corrected chi connectivity index (χ1v) is 9.31. The second kappa shape index (κ2) is 7.69. The number of aromatic nitrogens is 4. The molecule has 7 nitrogen and oxygen atoms in total. The highest BCUT2D eigenvalue weighted by Gasteiger charge is 2.15. The summed E-state index contributed by atoms with van der Waals surface area (Å²) in [6.45, 7) is 0. The lowest BCUT2D eigenvalue weighted by molar-refractivity contribution is 0.355. The van der Waals surface area contributed by atoms with Crippen LogP contribution in [-0.4, -0.2) is 41.1 Å². The molecule has 0 saturated heterocycles. The van der Waals surface area contributed by atoms with Crippen LogP contribution in [-0.2, 0) is 0 Å². The van der Waals surface area contributed by atoms with Gasteiger partial charge < -0.3 is 14.2 Å². The molecule has 0 atom stereocenters. The average molecular weight is 394 g/mol. The predicted octanol–water partition coefficient (Wildman–Crippen LogP) is 4.05. The van der Waals surface area contributed by atoms with Crippen LogP contribution in [0.2, 0.25) is 0 Å². The zero-order valence-electron chi connectivity index (χ0n) is 15.6. The summed E-state index contributed by atoms with van der Waals surface area (Å²) in [5, 5.41) is 13.9. The van der Waals surface area contributed by atoms with E-state index >= 15 is 0 Å². The van der Waals surface area contributed by atoms with Crippen LogP contribution in [0.4, 0.5) is 0 Å². The summed E-state index contributed by atoms with van der Waals surface area (Å²) in [4.78, 5) is 0.712. The summed E-state index contributed by atoms with van der Waals surface area (Å²) >= 11 is 1.46. The number of para-hydroxylation sites is 1. The SMILES string of the molecule is COc1ccccc1C=Cc1nn2c(-c3ccc(OC)c(OC)c3)nnc2s1. The van der Waals surface area contributed by atoms with Crippen LogP contribution >= 0.6 is 11.3 Å². The molecular weight excluding hydrogens is 376 g/mol. The Kier molecular flexibility index (Phi) is 4.94. The van der Waals surface area contributed by atoms with E-state index in [-0.39, 0.29) is 0 Å². The molecule has 0 unspecified atom stereocenters. The highest BCUT2D eigenvalue weighted by molar-refractivity contribution is 7.17. The van der Waals surface area contributed by atoms with Gasteiger partial charge in [0, 0.05) is 11.1 Å². The molecule has 4 aromatic rings. The number of rotatable bonds is 6. The zero-order chi connectivity index (χ0) is 19.5. The van der Waals surface area contributed by atoms with E-state index in [1.54, 1.807) is 25.8 Å². The first kappa shape index (κ1) is 18.0. The molecule has 8 heteroatoms. The molecule has 0 aliphatic carbocycles. The van der Waals surface area contributed by atoms with Crippen molar-refractivity contribution in [2.75, 3.05) is 21.3 Å². The summed E-state index contributed by atoms with van der Waals surface area (Å²) < 4.78 is 17.8. The molecule has 0 spiro atoms. The maximum absolute atomic E-state index is 5.38. The monoisotopic (exact) mass is 394 g/mol. The third-order valence-corrected chi connectivity index (χ3v) is 5.06. The Hall–Kier alpha value is -3.39. The molecule has 0 bridgehead atoms. The Morgan fingerprint density at radius 3 is 2.43 bits per heavy atom. The van der Waals surface area contributed by atoms with Gasteiger partial charge in [-0.05, 0) is 36.4 Å². The number of nitrogens with zero attached hydrogens (tertiary/aromatic N) is 4. The van der Waals surface area contributed by atoms with E-state index in [0.717, 1.165) is 21.9 Å². The first-order valence-electron chi connectivity index (χ1n) is 8.49. The van der Waals surface area contributed by atoms with Gasteiger partial charge in [-0.2, -0.15) is 9.61 Å². The molecule has 0 aliphatic heterocycles. The maximum Gasteiger partial charge on any atom is 0.235 e. The Morgan fingerprint density at radius 2 is 1.64 bits per heavy atom. The lowest BCUT2D eigenvalue weighted by atomic mass is 10.2. The van der Waals surface area contributed by atoms with Gasteiger partial charge in [-0.25, -0.2) is 0 Å². The van der Waals surface area contributed by atoms with Crippen molar-refractivity contribution < 1.29 is 14.2 Å². The molecule has 0 radical (unpaired) electrons. The summed E-state index contributed by atoms with van der Waals surface area (Å²) in [6.07, 6.45) is 3.91. The van der Waals surface area contributed by atoms with Crippen LogP contribution in [0.1, 0.15) is 10.6 Å². The lowest BCUT2D eigenvalue weighted by Crippen LogP contribution is -1.94. The minimum atomic E-state index is 0.628. The number of hydrogen-bond acceptors (Lipinski definition) is 7. The van der Waals surface area contributed by atoms with Gasteiger partial charge in [0.2, 0.25) is 4.96 Å². The van der Waals surface area contributed by atoms with Crippen LogP contribution < -0.4 is 14.2 Å². The largest absolute Gasteiger partial charge is 0.496 e. The highest BCUT2D eigenvalue weighted by Crippen LogP contribution is 2.32. The number of methoxy groups -OCH3 is 3. The Bertz CT molecular complexity index is 1150. The summed E-state index contributed by atoms with van der Waals surface area (Å²) in [5.41, 5.74) is 1.83. The van der Waals surface area contributed by atoms with Crippen molar-refractivity contribution >= 4 is 28.4 Å². The van der Waals surface area contributed by atoms with E-state index in [0.29, 0.717) is 22.3 Å². The van der Waals surface area contributed by atoms with Gasteiger partial charge >= 0.3 is 0 Å². The number of ether oxygens (including phenoxy) is 3. The van der Waals surface area contributed by atoms with E-state index in [1.165, 1.54) is 11.3 Å². The van der Waals surface area contributed by atoms with E-state index in [4.69, 9.17) is 14.2 Å². The molecule has 0 fully saturated rings. The van der Waals surface area contributed by atoms with Crippen molar-refractivity contribution in [1.82, 2.24) is 19.8 Å². The molecule has 0 aliphatic rings. The van der Waals surface area contributed by atoms with Crippen molar-refractivity contribution in [3.63, 3.8) is 0 Å².